The number of allylic oxidation sites excluding steroid dienone is 2. The van der Waals surface area contributed by atoms with Gasteiger partial charge in [-0.2, -0.15) is 0 Å². The number of rotatable bonds is 8. The SMILES string of the molecule is CCC1CC2C=CC1C2.O=C(O)C(=Cc1ccc(Oc2ccc(F)cc2)cc1)OCc1ccccc1. The van der Waals surface area contributed by atoms with Gasteiger partial charge >= 0.3 is 5.97 Å². The van der Waals surface area contributed by atoms with Crippen LogP contribution in [0.5, 0.6) is 11.5 Å². The van der Waals surface area contributed by atoms with Crippen LogP contribution in [-0.2, 0) is 16.1 Å². The van der Waals surface area contributed by atoms with Gasteiger partial charge < -0.3 is 14.6 Å². The van der Waals surface area contributed by atoms with Crippen molar-refractivity contribution >= 4 is 12.0 Å². The van der Waals surface area contributed by atoms with Gasteiger partial charge in [-0.15, -0.1) is 0 Å². The molecule has 2 aliphatic carbocycles. The summed E-state index contributed by atoms with van der Waals surface area (Å²) in [5, 5.41) is 9.34. The lowest BCUT2D eigenvalue weighted by Gasteiger charge is -2.14. The number of carboxylic acids is 1. The average Bonchev–Trinajstić information content (AvgIpc) is 3.53. The fraction of sp³-hybridized carbons (Fsp3) is 0.258. The van der Waals surface area contributed by atoms with E-state index < -0.39 is 5.97 Å². The van der Waals surface area contributed by atoms with Crippen molar-refractivity contribution in [2.24, 2.45) is 17.8 Å². The molecular weight excluding hydrogens is 455 g/mol. The summed E-state index contributed by atoms with van der Waals surface area (Å²) >= 11 is 0. The molecular formula is C31H31FO4. The second-order valence-corrected chi connectivity index (χ2v) is 9.16. The molecule has 0 saturated heterocycles. The molecule has 2 aliphatic rings. The molecule has 3 unspecified atom stereocenters. The maximum atomic E-state index is 12.9. The first-order valence-corrected chi connectivity index (χ1v) is 12.3. The van der Waals surface area contributed by atoms with Crippen molar-refractivity contribution in [2.75, 3.05) is 0 Å². The van der Waals surface area contributed by atoms with Crippen molar-refractivity contribution in [3.8, 4) is 11.5 Å². The summed E-state index contributed by atoms with van der Waals surface area (Å²) in [6.45, 7) is 2.49. The van der Waals surface area contributed by atoms with Gasteiger partial charge in [0.2, 0.25) is 5.76 Å². The van der Waals surface area contributed by atoms with Crippen molar-refractivity contribution < 1.29 is 23.8 Å². The largest absolute Gasteiger partial charge is 0.482 e. The van der Waals surface area contributed by atoms with Crippen molar-refractivity contribution in [3.63, 3.8) is 0 Å². The molecule has 4 nitrogen and oxygen atoms in total. The zero-order valence-corrected chi connectivity index (χ0v) is 20.3. The van der Waals surface area contributed by atoms with E-state index in [0.717, 1.165) is 23.3 Å². The first-order valence-electron chi connectivity index (χ1n) is 12.3. The highest BCUT2D eigenvalue weighted by molar-refractivity contribution is 5.89. The van der Waals surface area contributed by atoms with Crippen molar-refractivity contribution in [1.82, 2.24) is 0 Å². The first-order chi connectivity index (χ1) is 17.5. The minimum atomic E-state index is -1.14. The van der Waals surface area contributed by atoms with Crippen molar-refractivity contribution in [2.45, 2.75) is 32.8 Å². The van der Waals surface area contributed by atoms with Gasteiger partial charge in [-0.05, 0) is 84.2 Å². The standard InChI is InChI=1S/C22H17FO4.C9H14/c23-18-8-12-20(13-9-18)27-19-10-6-16(7-11-19)14-21(22(24)25)26-15-17-4-2-1-3-5-17;1-2-8-5-7-3-4-9(8)6-7/h1-14H,15H2,(H,24,25);3-4,7-9H,2,5-6H2,1H3. The van der Waals surface area contributed by atoms with Crippen LogP contribution in [-0.4, -0.2) is 11.1 Å². The number of hydrogen-bond acceptors (Lipinski definition) is 3. The summed E-state index contributed by atoms with van der Waals surface area (Å²) in [7, 11) is 0. The third-order valence-electron chi connectivity index (χ3n) is 6.62. The summed E-state index contributed by atoms with van der Waals surface area (Å²) in [6.07, 6.45) is 10.6. The van der Waals surface area contributed by atoms with Crippen molar-refractivity contribution in [1.29, 1.82) is 0 Å². The van der Waals surface area contributed by atoms with Gasteiger partial charge in [-0.25, -0.2) is 9.18 Å². The molecule has 0 aliphatic heterocycles. The predicted molar refractivity (Wildman–Crippen MR) is 139 cm³/mol. The Bertz CT molecular complexity index is 1180. The van der Waals surface area contributed by atoms with Crippen LogP contribution >= 0.6 is 0 Å². The Kier molecular flexibility index (Phi) is 8.56. The monoisotopic (exact) mass is 486 g/mol. The Morgan fingerprint density at radius 3 is 2.14 bits per heavy atom. The Labute approximate surface area is 211 Å². The maximum absolute atomic E-state index is 12.9. The van der Waals surface area contributed by atoms with Crippen LogP contribution in [0.1, 0.15) is 37.3 Å². The van der Waals surface area contributed by atoms with E-state index in [1.165, 1.54) is 49.6 Å². The third-order valence-corrected chi connectivity index (χ3v) is 6.62. The summed E-state index contributed by atoms with van der Waals surface area (Å²) in [5.41, 5.74) is 1.54. The van der Waals surface area contributed by atoms with Crippen LogP contribution < -0.4 is 4.74 Å². The highest BCUT2D eigenvalue weighted by Crippen LogP contribution is 2.44. The zero-order chi connectivity index (χ0) is 25.3. The highest BCUT2D eigenvalue weighted by atomic mass is 19.1. The van der Waals surface area contributed by atoms with Gasteiger partial charge in [0.15, 0.2) is 0 Å². The van der Waals surface area contributed by atoms with Gasteiger partial charge in [0.05, 0.1) is 0 Å². The number of ether oxygens (including phenoxy) is 2. The Hall–Kier alpha value is -3.86. The van der Waals surface area contributed by atoms with Crippen molar-refractivity contribution in [3.05, 3.63) is 114 Å². The third kappa shape index (κ3) is 7.08. The second-order valence-electron chi connectivity index (χ2n) is 9.16. The van der Waals surface area contributed by atoms with Crippen LogP contribution in [0.3, 0.4) is 0 Å². The molecule has 3 aromatic carbocycles. The normalized spacial score (nSPS) is 19.9. The molecule has 1 N–H and O–H groups in total. The van der Waals surface area contributed by atoms with Crippen LogP contribution in [0.25, 0.3) is 6.08 Å². The summed E-state index contributed by atoms with van der Waals surface area (Å²) in [5.74, 6) is 2.43. The van der Waals surface area contributed by atoms with Gasteiger partial charge in [-0.3, -0.25) is 0 Å². The minimum absolute atomic E-state index is 0.147. The van der Waals surface area contributed by atoms with E-state index >= 15 is 0 Å². The van der Waals surface area contributed by atoms with Crippen LogP contribution in [0.4, 0.5) is 4.39 Å². The lowest BCUT2D eigenvalue weighted by molar-refractivity contribution is -0.136. The zero-order valence-electron chi connectivity index (χ0n) is 20.3. The molecule has 0 aromatic heterocycles. The number of aliphatic carboxylic acids is 1. The predicted octanol–water partition coefficient (Wildman–Crippen LogP) is 7.87. The molecule has 1 fully saturated rings. The van der Waals surface area contributed by atoms with Gasteiger partial charge in [0.1, 0.15) is 23.9 Å². The summed E-state index contributed by atoms with van der Waals surface area (Å²) < 4.78 is 24.0. The Morgan fingerprint density at radius 2 is 1.61 bits per heavy atom. The molecule has 0 amide bonds. The molecule has 3 aromatic rings. The quantitative estimate of drug-likeness (QED) is 0.200. The van der Waals surface area contributed by atoms with Crippen LogP contribution in [0.15, 0.2) is 96.8 Å². The number of carbonyl (C=O) groups is 1. The molecule has 0 radical (unpaired) electrons. The molecule has 5 heteroatoms. The van der Waals surface area contributed by atoms with E-state index in [0.29, 0.717) is 17.1 Å². The maximum Gasteiger partial charge on any atom is 0.371 e. The molecule has 2 bridgehead atoms. The first kappa shape index (κ1) is 25.2. The topological polar surface area (TPSA) is 55.8 Å². The van der Waals surface area contributed by atoms with Crippen LogP contribution in [0.2, 0.25) is 0 Å². The fourth-order valence-electron chi connectivity index (χ4n) is 4.69. The van der Waals surface area contributed by atoms with Gasteiger partial charge in [-0.1, -0.05) is 68.0 Å². The molecule has 3 atom stereocenters. The van der Waals surface area contributed by atoms with E-state index in [1.807, 2.05) is 30.3 Å². The molecule has 186 valence electrons. The summed E-state index contributed by atoms with van der Waals surface area (Å²) in [4.78, 5) is 11.4. The second kappa shape index (κ2) is 12.2. The molecule has 36 heavy (non-hydrogen) atoms. The van der Waals surface area contributed by atoms with Gasteiger partial charge in [0.25, 0.3) is 0 Å². The highest BCUT2D eigenvalue weighted by Gasteiger charge is 2.33. The fourth-order valence-corrected chi connectivity index (χ4v) is 4.69. The number of fused-ring (bicyclic) bond motifs is 2. The van der Waals surface area contributed by atoms with E-state index in [4.69, 9.17) is 9.47 Å². The molecule has 0 spiro atoms. The number of hydrogen-bond donors (Lipinski definition) is 1. The van der Waals surface area contributed by atoms with Gasteiger partial charge in [0, 0.05) is 0 Å². The average molecular weight is 487 g/mol. The number of benzene rings is 3. The van der Waals surface area contributed by atoms with Crippen LogP contribution in [0, 0.1) is 23.6 Å². The lowest BCUT2D eigenvalue weighted by atomic mass is 9.91. The number of halogens is 1. The van der Waals surface area contributed by atoms with E-state index in [2.05, 4.69) is 19.1 Å². The van der Waals surface area contributed by atoms with E-state index in [-0.39, 0.29) is 18.2 Å². The Balaban J connectivity index is 0.000000280. The number of carboxylic acid groups (broad SMARTS) is 1. The van der Waals surface area contributed by atoms with E-state index in [1.54, 1.807) is 24.3 Å². The van der Waals surface area contributed by atoms with E-state index in [9.17, 15) is 14.3 Å². The summed E-state index contributed by atoms with van der Waals surface area (Å²) in [6, 6.07) is 21.9. The smallest absolute Gasteiger partial charge is 0.371 e. The minimum Gasteiger partial charge on any atom is -0.482 e. The lowest BCUT2D eigenvalue weighted by Crippen LogP contribution is -2.05. The molecule has 5 rings (SSSR count). The molecule has 1 saturated carbocycles. The Morgan fingerprint density at radius 1 is 0.944 bits per heavy atom. The molecule has 0 heterocycles.